The standard InChI is InChI=1S/C21H23FN4O2/c1-14-9-17(22)3-4-18(14)23-13-25-7-8-28-19(12-25)16-5-6-26-20(11-16)24-15(2)10-21(26)27/h3-6,9-11,19,23H,7-8,12-13H2,1-2H3. The van der Waals surface area contributed by atoms with Crippen LogP contribution in [-0.2, 0) is 4.74 Å². The lowest BCUT2D eigenvalue weighted by Gasteiger charge is -2.33. The third kappa shape index (κ3) is 3.90. The van der Waals surface area contributed by atoms with Crippen LogP contribution in [0.2, 0.25) is 0 Å². The van der Waals surface area contributed by atoms with Gasteiger partial charge in [-0.05, 0) is 55.3 Å². The molecule has 0 spiro atoms. The molecule has 6 nitrogen and oxygen atoms in total. The van der Waals surface area contributed by atoms with Gasteiger partial charge in [0.15, 0.2) is 0 Å². The summed E-state index contributed by atoms with van der Waals surface area (Å²) in [7, 11) is 0. The van der Waals surface area contributed by atoms with Gasteiger partial charge in [-0.3, -0.25) is 14.1 Å². The maximum atomic E-state index is 13.3. The van der Waals surface area contributed by atoms with Crippen molar-refractivity contribution in [2.75, 3.05) is 31.7 Å². The molecule has 1 N–H and O–H groups in total. The fraction of sp³-hybridized carbons (Fsp3) is 0.333. The molecule has 146 valence electrons. The fourth-order valence-electron chi connectivity index (χ4n) is 3.51. The second-order valence-corrected chi connectivity index (χ2v) is 7.15. The summed E-state index contributed by atoms with van der Waals surface area (Å²) in [5.41, 5.74) is 4.05. The molecular formula is C21H23FN4O2. The van der Waals surface area contributed by atoms with Crippen molar-refractivity contribution in [3.8, 4) is 0 Å². The number of halogens is 1. The Kier molecular flexibility index (Phi) is 5.11. The van der Waals surface area contributed by atoms with Crippen LogP contribution in [0.4, 0.5) is 10.1 Å². The van der Waals surface area contributed by atoms with Crippen LogP contribution in [0.3, 0.4) is 0 Å². The van der Waals surface area contributed by atoms with Gasteiger partial charge in [-0.25, -0.2) is 9.37 Å². The van der Waals surface area contributed by atoms with E-state index in [1.807, 2.05) is 26.0 Å². The Morgan fingerprint density at radius 2 is 2.11 bits per heavy atom. The summed E-state index contributed by atoms with van der Waals surface area (Å²) >= 11 is 0. The van der Waals surface area contributed by atoms with E-state index < -0.39 is 0 Å². The Hall–Kier alpha value is -2.77. The molecule has 1 atom stereocenters. The van der Waals surface area contributed by atoms with Crippen LogP contribution in [0.5, 0.6) is 0 Å². The molecular weight excluding hydrogens is 359 g/mol. The molecule has 7 heteroatoms. The molecule has 1 aromatic carbocycles. The van der Waals surface area contributed by atoms with Crippen molar-refractivity contribution in [2.24, 2.45) is 0 Å². The molecule has 4 rings (SSSR count). The van der Waals surface area contributed by atoms with Gasteiger partial charge in [-0.1, -0.05) is 0 Å². The highest BCUT2D eigenvalue weighted by atomic mass is 19.1. The van der Waals surface area contributed by atoms with Crippen molar-refractivity contribution in [3.05, 3.63) is 75.6 Å². The molecule has 28 heavy (non-hydrogen) atoms. The number of ether oxygens (including phenoxy) is 1. The number of pyridine rings is 1. The van der Waals surface area contributed by atoms with Crippen molar-refractivity contribution < 1.29 is 9.13 Å². The second-order valence-electron chi connectivity index (χ2n) is 7.15. The SMILES string of the molecule is Cc1cc(=O)n2ccc(C3CN(CNc4ccc(F)cc4C)CCO3)cc2n1. The molecule has 0 aliphatic carbocycles. The van der Waals surface area contributed by atoms with E-state index in [0.717, 1.165) is 29.9 Å². The highest BCUT2D eigenvalue weighted by Crippen LogP contribution is 2.23. The smallest absolute Gasteiger partial charge is 0.258 e. The first kappa shape index (κ1) is 18.6. The minimum absolute atomic E-state index is 0.0842. The third-order valence-electron chi connectivity index (χ3n) is 5.02. The maximum Gasteiger partial charge on any atom is 0.258 e. The first-order valence-electron chi connectivity index (χ1n) is 9.33. The van der Waals surface area contributed by atoms with Gasteiger partial charge in [0.1, 0.15) is 11.5 Å². The minimum Gasteiger partial charge on any atom is -0.372 e. The molecule has 1 aliphatic rings. The lowest BCUT2D eigenvalue weighted by Crippen LogP contribution is -2.41. The molecule has 1 aliphatic heterocycles. The van der Waals surface area contributed by atoms with Crippen LogP contribution >= 0.6 is 0 Å². The summed E-state index contributed by atoms with van der Waals surface area (Å²) in [6.45, 7) is 6.51. The van der Waals surface area contributed by atoms with Gasteiger partial charge in [0, 0.05) is 36.7 Å². The summed E-state index contributed by atoms with van der Waals surface area (Å²) in [4.78, 5) is 18.8. The molecule has 1 fully saturated rings. The van der Waals surface area contributed by atoms with Gasteiger partial charge in [0.2, 0.25) is 0 Å². The van der Waals surface area contributed by atoms with Crippen molar-refractivity contribution in [1.82, 2.24) is 14.3 Å². The number of hydrogen-bond acceptors (Lipinski definition) is 5. The second kappa shape index (κ2) is 7.69. The number of anilines is 1. The van der Waals surface area contributed by atoms with E-state index in [-0.39, 0.29) is 17.5 Å². The number of nitrogens with one attached hydrogen (secondary N) is 1. The molecule has 1 saturated heterocycles. The van der Waals surface area contributed by atoms with Gasteiger partial charge in [0.25, 0.3) is 5.56 Å². The molecule has 2 aromatic heterocycles. The highest BCUT2D eigenvalue weighted by molar-refractivity contribution is 5.50. The summed E-state index contributed by atoms with van der Waals surface area (Å²) < 4.78 is 20.8. The summed E-state index contributed by atoms with van der Waals surface area (Å²) in [5.74, 6) is -0.228. The molecule has 0 saturated carbocycles. The van der Waals surface area contributed by atoms with E-state index in [4.69, 9.17) is 4.74 Å². The number of benzene rings is 1. The zero-order chi connectivity index (χ0) is 19.7. The molecule has 3 heterocycles. The fourth-order valence-corrected chi connectivity index (χ4v) is 3.51. The van der Waals surface area contributed by atoms with Gasteiger partial charge in [-0.2, -0.15) is 0 Å². The zero-order valence-electron chi connectivity index (χ0n) is 16.0. The average molecular weight is 382 g/mol. The Balaban J connectivity index is 1.47. The van der Waals surface area contributed by atoms with Crippen molar-refractivity contribution in [3.63, 3.8) is 0 Å². The molecule has 0 radical (unpaired) electrons. The number of nitrogens with zero attached hydrogens (tertiary/aromatic N) is 3. The number of aromatic nitrogens is 2. The van der Waals surface area contributed by atoms with Gasteiger partial charge in [0.05, 0.1) is 19.4 Å². The maximum absolute atomic E-state index is 13.3. The van der Waals surface area contributed by atoms with E-state index in [0.29, 0.717) is 24.6 Å². The van der Waals surface area contributed by atoms with Crippen molar-refractivity contribution in [2.45, 2.75) is 20.0 Å². The lowest BCUT2D eigenvalue weighted by atomic mass is 10.1. The molecule has 3 aromatic rings. The van der Waals surface area contributed by atoms with E-state index in [2.05, 4.69) is 15.2 Å². The third-order valence-corrected chi connectivity index (χ3v) is 5.02. The number of morpholine rings is 1. The highest BCUT2D eigenvalue weighted by Gasteiger charge is 2.22. The molecule has 1 unspecified atom stereocenters. The van der Waals surface area contributed by atoms with Crippen molar-refractivity contribution >= 4 is 11.3 Å². The lowest BCUT2D eigenvalue weighted by molar-refractivity contribution is -0.0274. The van der Waals surface area contributed by atoms with Gasteiger partial charge >= 0.3 is 0 Å². The summed E-state index contributed by atoms with van der Waals surface area (Å²) in [5, 5.41) is 3.37. The van der Waals surface area contributed by atoms with Crippen molar-refractivity contribution in [1.29, 1.82) is 0 Å². The van der Waals surface area contributed by atoms with E-state index in [1.165, 1.54) is 22.6 Å². The van der Waals surface area contributed by atoms with Crippen LogP contribution in [0, 0.1) is 19.7 Å². The van der Waals surface area contributed by atoms with E-state index in [1.54, 1.807) is 12.3 Å². The Morgan fingerprint density at radius 1 is 1.25 bits per heavy atom. The van der Waals surface area contributed by atoms with Crippen LogP contribution < -0.4 is 10.9 Å². The molecule has 0 amide bonds. The summed E-state index contributed by atoms with van der Waals surface area (Å²) in [6.07, 6.45) is 1.66. The minimum atomic E-state index is -0.228. The Bertz CT molecular complexity index is 1070. The Morgan fingerprint density at radius 3 is 2.93 bits per heavy atom. The first-order valence-corrected chi connectivity index (χ1v) is 9.33. The quantitative estimate of drug-likeness (QED) is 0.752. The van der Waals surface area contributed by atoms with Gasteiger partial charge in [-0.15, -0.1) is 0 Å². The number of aryl methyl sites for hydroxylation is 2. The van der Waals surface area contributed by atoms with E-state index in [9.17, 15) is 9.18 Å². The predicted molar refractivity (Wildman–Crippen MR) is 106 cm³/mol. The van der Waals surface area contributed by atoms with Crippen LogP contribution in [0.25, 0.3) is 5.65 Å². The van der Waals surface area contributed by atoms with Crippen LogP contribution in [-0.4, -0.2) is 40.6 Å². The van der Waals surface area contributed by atoms with Crippen LogP contribution in [0.15, 0.2) is 47.4 Å². The topological polar surface area (TPSA) is 58.9 Å². The number of rotatable bonds is 4. The first-order chi connectivity index (χ1) is 13.5. The summed E-state index contributed by atoms with van der Waals surface area (Å²) in [6, 6.07) is 10.1. The van der Waals surface area contributed by atoms with Crippen LogP contribution in [0.1, 0.15) is 22.9 Å². The normalized spacial score (nSPS) is 17.8. The Labute approximate surface area is 162 Å². The van der Waals surface area contributed by atoms with Gasteiger partial charge < -0.3 is 10.1 Å². The monoisotopic (exact) mass is 382 g/mol. The average Bonchev–Trinajstić information content (AvgIpc) is 2.67. The number of hydrogen-bond donors (Lipinski definition) is 1. The zero-order valence-corrected chi connectivity index (χ0v) is 16.0. The largest absolute Gasteiger partial charge is 0.372 e. The number of fused-ring (bicyclic) bond motifs is 1. The van der Waals surface area contributed by atoms with E-state index >= 15 is 0 Å². The predicted octanol–water partition coefficient (Wildman–Crippen LogP) is 2.89. The molecule has 0 bridgehead atoms.